The van der Waals surface area contributed by atoms with Crippen molar-refractivity contribution in [3.05, 3.63) is 0 Å². The van der Waals surface area contributed by atoms with Crippen LogP contribution in [-0.4, -0.2) is 41.9 Å². The van der Waals surface area contributed by atoms with E-state index in [0.717, 1.165) is 11.5 Å². The monoisotopic (exact) mass is 226 g/mol. The Labute approximate surface area is 82.5 Å². The Hall–Kier alpha value is 0.220. The highest BCUT2D eigenvalue weighted by atomic mass is 32.2. The molecular weight excluding hydrogens is 212 g/mol. The van der Waals surface area contributed by atoms with Crippen LogP contribution >= 0.6 is 11.8 Å². The normalized spacial score (nSPS) is 22.9. The Kier molecular flexibility index (Phi) is 3.62. The summed E-state index contributed by atoms with van der Waals surface area (Å²) in [6.45, 7) is -0.159. The van der Waals surface area contributed by atoms with Gasteiger partial charge >= 0.3 is 0 Å². The van der Waals surface area contributed by atoms with Crippen LogP contribution in [0.2, 0.25) is 0 Å². The summed E-state index contributed by atoms with van der Waals surface area (Å²) in [4.78, 5) is 0. The van der Waals surface area contributed by atoms with Gasteiger partial charge in [0.1, 0.15) is 0 Å². The van der Waals surface area contributed by atoms with Gasteiger partial charge in [-0.15, -0.1) is 0 Å². The van der Waals surface area contributed by atoms with Crippen molar-refractivity contribution in [1.82, 2.24) is 0 Å². The molecule has 0 aliphatic carbocycles. The van der Waals surface area contributed by atoms with Crippen LogP contribution in [0.25, 0.3) is 0 Å². The molecule has 2 N–H and O–H groups in total. The molecule has 0 aromatic carbocycles. The molecule has 78 valence electrons. The Bertz CT molecular complexity index is 254. The first-order chi connectivity index (χ1) is 5.97. The Morgan fingerprint density at radius 1 is 1.31 bits per heavy atom. The largest absolute Gasteiger partial charge is 0.396 e. The molecule has 1 saturated heterocycles. The zero-order valence-corrected chi connectivity index (χ0v) is 8.90. The number of aliphatic hydroxyl groups excluding tert-OH is 1. The summed E-state index contributed by atoms with van der Waals surface area (Å²) < 4.78 is 30.1. The third kappa shape index (κ3) is 3.46. The smallest absolute Gasteiger partial charge is 0.265 e. The predicted octanol–water partition coefficient (Wildman–Crippen LogP) is 0.380. The summed E-state index contributed by atoms with van der Waals surface area (Å²) in [7, 11) is -3.96. The highest BCUT2D eigenvalue weighted by Crippen LogP contribution is 2.35. The van der Waals surface area contributed by atoms with Crippen molar-refractivity contribution < 1.29 is 18.1 Å². The SMILES string of the molecule is O=S(=O)(O)CC1(CO)CCSCC1. The van der Waals surface area contributed by atoms with Gasteiger partial charge in [-0.1, -0.05) is 0 Å². The Morgan fingerprint density at radius 2 is 1.85 bits per heavy atom. The van der Waals surface area contributed by atoms with Crippen molar-refractivity contribution in [2.24, 2.45) is 5.41 Å². The van der Waals surface area contributed by atoms with Gasteiger partial charge in [-0.05, 0) is 24.3 Å². The maximum Gasteiger partial charge on any atom is 0.265 e. The number of thioether (sulfide) groups is 1. The minimum atomic E-state index is -3.96. The lowest BCUT2D eigenvalue weighted by Gasteiger charge is -2.33. The summed E-state index contributed by atoms with van der Waals surface area (Å²) >= 11 is 1.75. The standard InChI is InChI=1S/C7H14O4S2/c8-5-7(6-13(9,10)11)1-3-12-4-2-7/h8H,1-6H2,(H,9,10,11). The van der Waals surface area contributed by atoms with Crippen LogP contribution in [0.15, 0.2) is 0 Å². The Morgan fingerprint density at radius 3 is 2.23 bits per heavy atom. The van der Waals surface area contributed by atoms with Crippen molar-refractivity contribution in [2.75, 3.05) is 23.9 Å². The second-order valence-electron chi connectivity index (χ2n) is 3.50. The van der Waals surface area contributed by atoms with E-state index in [0.29, 0.717) is 12.8 Å². The molecule has 1 aliphatic rings. The van der Waals surface area contributed by atoms with Crippen molar-refractivity contribution in [2.45, 2.75) is 12.8 Å². The highest BCUT2D eigenvalue weighted by Gasteiger charge is 2.35. The van der Waals surface area contributed by atoms with Gasteiger partial charge in [-0.25, -0.2) is 0 Å². The first-order valence-corrected chi connectivity index (χ1v) is 6.88. The van der Waals surface area contributed by atoms with Gasteiger partial charge in [0.25, 0.3) is 10.1 Å². The van der Waals surface area contributed by atoms with Crippen molar-refractivity contribution in [3.8, 4) is 0 Å². The molecule has 0 aromatic heterocycles. The van der Waals surface area contributed by atoms with Crippen LogP contribution < -0.4 is 0 Å². The molecule has 0 unspecified atom stereocenters. The van der Waals surface area contributed by atoms with Gasteiger partial charge in [0, 0.05) is 12.0 Å². The molecule has 0 aromatic rings. The minimum absolute atomic E-state index is 0.159. The number of aliphatic hydroxyl groups is 1. The fraction of sp³-hybridized carbons (Fsp3) is 1.00. The third-order valence-corrected chi connectivity index (χ3v) is 4.34. The molecule has 1 aliphatic heterocycles. The molecule has 0 atom stereocenters. The molecule has 0 bridgehead atoms. The molecule has 0 saturated carbocycles. The number of hydrogen-bond donors (Lipinski definition) is 2. The molecule has 0 spiro atoms. The Balaban J connectivity index is 2.68. The van der Waals surface area contributed by atoms with E-state index in [1.165, 1.54) is 0 Å². The van der Waals surface area contributed by atoms with Gasteiger partial charge in [0.05, 0.1) is 5.75 Å². The summed E-state index contributed by atoms with van der Waals surface area (Å²) in [6.07, 6.45) is 1.32. The lowest BCUT2D eigenvalue weighted by molar-refractivity contribution is 0.134. The van der Waals surface area contributed by atoms with E-state index in [4.69, 9.17) is 9.66 Å². The van der Waals surface area contributed by atoms with Crippen LogP contribution in [0.4, 0.5) is 0 Å². The molecule has 4 nitrogen and oxygen atoms in total. The van der Waals surface area contributed by atoms with E-state index < -0.39 is 15.5 Å². The molecule has 1 heterocycles. The zero-order valence-electron chi connectivity index (χ0n) is 7.27. The van der Waals surface area contributed by atoms with Crippen molar-refractivity contribution in [1.29, 1.82) is 0 Å². The molecule has 1 rings (SSSR count). The van der Waals surface area contributed by atoms with E-state index in [1.54, 1.807) is 11.8 Å². The lowest BCUT2D eigenvalue weighted by Crippen LogP contribution is -2.37. The topological polar surface area (TPSA) is 74.6 Å². The average molecular weight is 226 g/mol. The molecule has 0 radical (unpaired) electrons. The summed E-state index contributed by atoms with van der Waals surface area (Å²) in [5.41, 5.74) is -0.598. The highest BCUT2D eigenvalue weighted by molar-refractivity contribution is 7.99. The third-order valence-electron chi connectivity index (χ3n) is 2.38. The molecule has 13 heavy (non-hydrogen) atoms. The molecule has 6 heteroatoms. The summed E-state index contributed by atoms with van der Waals surface area (Å²) in [6, 6.07) is 0. The summed E-state index contributed by atoms with van der Waals surface area (Å²) in [5.74, 6) is 1.41. The van der Waals surface area contributed by atoms with Crippen molar-refractivity contribution >= 4 is 21.9 Å². The van der Waals surface area contributed by atoms with E-state index in [1.807, 2.05) is 0 Å². The molecule has 1 fully saturated rings. The van der Waals surface area contributed by atoms with Gasteiger partial charge in [-0.3, -0.25) is 4.55 Å². The second-order valence-corrected chi connectivity index (χ2v) is 6.17. The van der Waals surface area contributed by atoms with E-state index in [9.17, 15) is 8.42 Å². The zero-order chi connectivity index (χ0) is 9.95. The predicted molar refractivity (Wildman–Crippen MR) is 52.5 cm³/mol. The fourth-order valence-corrected chi connectivity index (χ4v) is 4.05. The second kappa shape index (κ2) is 4.16. The van der Waals surface area contributed by atoms with Crippen LogP contribution in [0.5, 0.6) is 0 Å². The number of hydrogen-bond acceptors (Lipinski definition) is 4. The van der Waals surface area contributed by atoms with Gasteiger partial charge in [0.15, 0.2) is 0 Å². The first-order valence-electron chi connectivity index (χ1n) is 4.11. The van der Waals surface area contributed by atoms with Gasteiger partial charge in [-0.2, -0.15) is 20.2 Å². The first kappa shape index (κ1) is 11.3. The van der Waals surface area contributed by atoms with Gasteiger partial charge in [0.2, 0.25) is 0 Å². The van der Waals surface area contributed by atoms with Crippen LogP contribution in [0.3, 0.4) is 0 Å². The van der Waals surface area contributed by atoms with Gasteiger partial charge < -0.3 is 5.11 Å². The number of rotatable bonds is 3. The van der Waals surface area contributed by atoms with Crippen LogP contribution in [0, 0.1) is 5.41 Å². The maximum absolute atomic E-state index is 10.7. The average Bonchev–Trinajstić information content (AvgIpc) is 2.03. The van der Waals surface area contributed by atoms with E-state index >= 15 is 0 Å². The van der Waals surface area contributed by atoms with Crippen LogP contribution in [-0.2, 0) is 10.1 Å². The maximum atomic E-state index is 10.7. The van der Waals surface area contributed by atoms with Crippen molar-refractivity contribution in [3.63, 3.8) is 0 Å². The van der Waals surface area contributed by atoms with Crippen LogP contribution in [0.1, 0.15) is 12.8 Å². The fourth-order valence-electron chi connectivity index (χ4n) is 1.54. The molecular formula is C7H14O4S2. The molecule has 0 amide bonds. The minimum Gasteiger partial charge on any atom is -0.396 e. The summed E-state index contributed by atoms with van der Waals surface area (Å²) in [5, 5.41) is 9.12. The quantitative estimate of drug-likeness (QED) is 0.680. The lowest BCUT2D eigenvalue weighted by atomic mass is 9.85. The van der Waals surface area contributed by atoms with E-state index in [2.05, 4.69) is 0 Å². The van der Waals surface area contributed by atoms with E-state index in [-0.39, 0.29) is 12.4 Å².